The first-order valence-electron chi connectivity index (χ1n) is 9.48. The van der Waals surface area contributed by atoms with Gasteiger partial charge in [0.1, 0.15) is 11.6 Å². The predicted octanol–water partition coefficient (Wildman–Crippen LogP) is 1.22. The van der Waals surface area contributed by atoms with Gasteiger partial charge in [-0.25, -0.2) is 9.97 Å². The summed E-state index contributed by atoms with van der Waals surface area (Å²) in [6, 6.07) is 0. The predicted molar refractivity (Wildman–Crippen MR) is 97.1 cm³/mol. The summed E-state index contributed by atoms with van der Waals surface area (Å²) in [5.41, 5.74) is 3.30. The first-order chi connectivity index (χ1) is 12.6. The number of amides is 1. The zero-order valence-electron chi connectivity index (χ0n) is 15.4. The molecule has 136 valence electrons. The number of nitrogens with zero attached hydrogens (tertiary/aromatic N) is 6. The van der Waals surface area contributed by atoms with Crippen LogP contribution in [0.1, 0.15) is 33.9 Å². The molecular weight excluding hydrogens is 328 g/mol. The Kier molecular flexibility index (Phi) is 3.52. The van der Waals surface area contributed by atoms with Crippen LogP contribution in [0.2, 0.25) is 0 Å². The van der Waals surface area contributed by atoms with Crippen LogP contribution in [0.15, 0.2) is 12.4 Å². The molecule has 26 heavy (non-hydrogen) atoms. The highest BCUT2D eigenvalue weighted by Gasteiger charge is 2.43. The fourth-order valence-electron chi connectivity index (χ4n) is 4.84. The van der Waals surface area contributed by atoms with Crippen molar-refractivity contribution in [2.75, 3.05) is 31.1 Å². The summed E-state index contributed by atoms with van der Waals surface area (Å²) in [5, 5.41) is 4.12. The van der Waals surface area contributed by atoms with E-state index in [1.54, 1.807) is 17.1 Å². The molecule has 2 unspecified atom stereocenters. The van der Waals surface area contributed by atoms with Crippen molar-refractivity contribution in [1.29, 1.82) is 0 Å². The maximum atomic E-state index is 12.7. The Labute approximate surface area is 153 Å². The van der Waals surface area contributed by atoms with Crippen LogP contribution < -0.4 is 4.90 Å². The molecule has 0 aromatic carbocycles. The van der Waals surface area contributed by atoms with Crippen molar-refractivity contribution in [3.63, 3.8) is 0 Å². The van der Waals surface area contributed by atoms with Crippen molar-refractivity contribution < 1.29 is 4.79 Å². The van der Waals surface area contributed by atoms with Gasteiger partial charge in [-0.2, -0.15) is 5.10 Å². The van der Waals surface area contributed by atoms with Crippen LogP contribution in [0.25, 0.3) is 0 Å². The number of hydrogen-bond acceptors (Lipinski definition) is 5. The number of hydrogen-bond donors (Lipinski definition) is 0. The summed E-state index contributed by atoms with van der Waals surface area (Å²) >= 11 is 0. The van der Waals surface area contributed by atoms with E-state index >= 15 is 0 Å². The van der Waals surface area contributed by atoms with Gasteiger partial charge in [-0.3, -0.25) is 9.48 Å². The lowest BCUT2D eigenvalue weighted by atomic mass is 10.0. The Morgan fingerprint density at radius 3 is 2.58 bits per heavy atom. The molecule has 1 aliphatic carbocycles. The van der Waals surface area contributed by atoms with Crippen LogP contribution in [-0.4, -0.2) is 56.7 Å². The monoisotopic (exact) mass is 352 g/mol. The third-order valence-electron chi connectivity index (χ3n) is 6.05. The van der Waals surface area contributed by atoms with E-state index in [0.29, 0.717) is 17.4 Å². The van der Waals surface area contributed by atoms with E-state index in [0.717, 1.165) is 50.7 Å². The number of fused-ring (bicyclic) bond motifs is 2. The average Bonchev–Trinajstić information content (AvgIpc) is 3.35. The summed E-state index contributed by atoms with van der Waals surface area (Å²) in [6.45, 7) is 5.64. The molecule has 2 saturated heterocycles. The van der Waals surface area contributed by atoms with Crippen molar-refractivity contribution in [3.05, 3.63) is 35.0 Å². The molecule has 2 atom stereocenters. The van der Waals surface area contributed by atoms with Crippen molar-refractivity contribution >= 4 is 11.7 Å². The second-order valence-electron chi connectivity index (χ2n) is 7.91. The summed E-state index contributed by atoms with van der Waals surface area (Å²) < 4.78 is 1.68. The summed E-state index contributed by atoms with van der Waals surface area (Å²) in [7, 11) is 1.84. The minimum absolute atomic E-state index is 0.109. The summed E-state index contributed by atoms with van der Waals surface area (Å²) in [4.78, 5) is 26.5. The van der Waals surface area contributed by atoms with Gasteiger partial charge < -0.3 is 9.80 Å². The average molecular weight is 352 g/mol. The standard InChI is InChI=1S/C19H24N6O/c1-12-21-17-5-3-4-16(17)18(22-12)24-8-14-10-25(11-15(14)9-24)19(26)13-6-20-23(2)7-13/h6-7,14-15H,3-5,8-11H2,1-2H3. The molecule has 7 nitrogen and oxygen atoms in total. The van der Waals surface area contributed by atoms with Crippen LogP contribution in [0.3, 0.4) is 0 Å². The van der Waals surface area contributed by atoms with E-state index in [-0.39, 0.29) is 5.91 Å². The van der Waals surface area contributed by atoms with Crippen molar-refractivity contribution in [1.82, 2.24) is 24.6 Å². The number of carbonyl (C=O) groups is 1. The second kappa shape index (κ2) is 5.79. The van der Waals surface area contributed by atoms with Gasteiger partial charge in [-0.1, -0.05) is 0 Å². The molecule has 4 heterocycles. The number of aryl methyl sites for hydroxylation is 3. The van der Waals surface area contributed by atoms with Gasteiger partial charge in [-0.05, 0) is 26.2 Å². The topological polar surface area (TPSA) is 67.2 Å². The number of likely N-dealkylation sites (tertiary alicyclic amines) is 1. The number of carbonyl (C=O) groups excluding carboxylic acids is 1. The molecule has 3 aliphatic rings. The fraction of sp³-hybridized carbons (Fsp3) is 0.579. The van der Waals surface area contributed by atoms with Crippen LogP contribution >= 0.6 is 0 Å². The Hall–Kier alpha value is -2.44. The van der Waals surface area contributed by atoms with Gasteiger partial charge in [0.05, 0.1) is 11.8 Å². The van der Waals surface area contributed by atoms with E-state index in [1.807, 2.05) is 18.9 Å². The Bertz CT molecular complexity index is 861. The molecule has 0 saturated carbocycles. The molecule has 2 aliphatic heterocycles. The quantitative estimate of drug-likeness (QED) is 0.813. The fourth-order valence-corrected chi connectivity index (χ4v) is 4.84. The first-order valence-corrected chi connectivity index (χ1v) is 9.48. The third-order valence-corrected chi connectivity index (χ3v) is 6.05. The van der Waals surface area contributed by atoms with Crippen LogP contribution in [-0.2, 0) is 19.9 Å². The molecule has 2 fully saturated rings. The molecule has 0 spiro atoms. The zero-order chi connectivity index (χ0) is 17.8. The molecule has 1 amide bonds. The Morgan fingerprint density at radius 1 is 1.12 bits per heavy atom. The number of rotatable bonds is 2. The molecule has 0 radical (unpaired) electrons. The normalized spacial score (nSPS) is 24.2. The molecule has 5 rings (SSSR count). The van der Waals surface area contributed by atoms with Crippen LogP contribution in [0, 0.1) is 18.8 Å². The zero-order valence-corrected chi connectivity index (χ0v) is 15.4. The molecule has 2 aromatic heterocycles. The maximum absolute atomic E-state index is 12.7. The highest BCUT2D eigenvalue weighted by molar-refractivity contribution is 5.94. The molecule has 7 heteroatoms. The second-order valence-corrected chi connectivity index (χ2v) is 7.91. The van der Waals surface area contributed by atoms with Gasteiger partial charge in [0.15, 0.2) is 0 Å². The van der Waals surface area contributed by atoms with E-state index in [1.165, 1.54) is 17.7 Å². The van der Waals surface area contributed by atoms with Gasteiger partial charge in [0, 0.05) is 62.5 Å². The van der Waals surface area contributed by atoms with E-state index in [4.69, 9.17) is 4.98 Å². The molecular formula is C19H24N6O. The van der Waals surface area contributed by atoms with Crippen molar-refractivity contribution in [2.24, 2.45) is 18.9 Å². The Balaban J connectivity index is 1.31. The van der Waals surface area contributed by atoms with Crippen LogP contribution in [0.5, 0.6) is 0 Å². The van der Waals surface area contributed by atoms with Gasteiger partial charge in [-0.15, -0.1) is 0 Å². The highest BCUT2D eigenvalue weighted by atomic mass is 16.2. The van der Waals surface area contributed by atoms with E-state index in [2.05, 4.69) is 15.0 Å². The number of anilines is 1. The van der Waals surface area contributed by atoms with Crippen LogP contribution in [0.4, 0.5) is 5.82 Å². The minimum atomic E-state index is 0.109. The van der Waals surface area contributed by atoms with Gasteiger partial charge in [0.2, 0.25) is 0 Å². The summed E-state index contributed by atoms with van der Waals surface area (Å²) in [5.74, 6) is 3.21. The smallest absolute Gasteiger partial charge is 0.257 e. The lowest BCUT2D eigenvalue weighted by Gasteiger charge is -2.24. The largest absolute Gasteiger partial charge is 0.356 e. The number of aromatic nitrogens is 4. The maximum Gasteiger partial charge on any atom is 0.257 e. The molecule has 0 bridgehead atoms. The van der Waals surface area contributed by atoms with Gasteiger partial charge >= 0.3 is 0 Å². The van der Waals surface area contributed by atoms with Crippen molar-refractivity contribution in [2.45, 2.75) is 26.2 Å². The SMILES string of the molecule is Cc1nc2c(c(N3CC4CN(C(=O)c5cnn(C)c5)CC4C3)n1)CCC2. The summed E-state index contributed by atoms with van der Waals surface area (Å²) in [6.07, 6.45) is 6.84. The minimum Gasteiger partial charge on any atom is -0.356 e. The lowest BCUT2D eigenvalue weighted by Crippen LogP contribution is -2.33. The highest BCUT2D eigenvalue weighted by Crippen LogP contribution is 2.37. The van der Waals surface area contributed by atoms with Gasteiger partial charge in [0.25, 0.3) is 5.91 Å². The van der Waals surface area contributed by atoms with E-state index < -0.39 is 0 Å². The molecule has 0 N–H and O–H groups in total. The van der Waals surface area contributed by atoms with Crippen molar-refractivity contribution in [3.8, 4) is 0 Å². The first kappa shape index (κ1) is 15.8. The van der Waals surface area contributed by atoms with E-state index in [9.17, 15) is 4.79 Å². The Morgan fingerprint density at radius 2 is 1.88 bits per heavy atom. The molecule has 2 aromatic rings. The lowest BCUT2D eigenvalue weighted by molar-refractivity contribution is 0.0782. The third kappa shape index (κ3) is 2.48.